The van der Waals surface area contributed by atoms with Crippen LogP contribution in [0.1, 0.15) is 6.92 Å². The maximum atomic E-state index is 9.96. The van der Waals surface area contributed by atoms with E-state index < -0.39 is 5.97 Å². The van der Waals surface area contributed by atoms with Crippen molar-refractivity contribution < 1.29 is 9.53 Å². The van der Waals surface area contributed by atoms with Gasteiger partial charge in [-0.2, -0.15) is 0 Å². The van der Waals surface area contributed by atoms with E-state index in [0.717, 1.165) is 0 Å². The summed E-state index contributed by atoms with van der Waals surface area (Å²) in [5.41, 5.74) is 0. The quantitative estimate of drug-likeness (QED) is 0.288. The normalized spacial score (nSPS) is 7.00. The Morgan fingerprint density at radius 2 is 2.38 bits per heavy atom. The SMILES string of the molecule is C=C([N+]#N)OC(C)=O. The van der Waals surface area contributed by atoms with Crippen molar-refractivity contribution in [1.29, 1.82) is 5.39 Å². The van der Waals surface area contributed by atoms with Gasteiger partial charge in [0.05, 0.1) is 0 Å². The standard InChI is InChI=1S/C4H5N2O2/c1-3(6-5)8-4(2)7/h1H2,2H3/q+1. The Kier molecular flexibility index (Phi) is 2.28. The molecule has 8 heavy (non-hydrogen) atoms. The highest BCUT2D eigenvalue weighted by molar-refractivity contribution is 5.67. The van der Waals surface area contributed by atoms with Crippen LogP contribution in [0, 0.1) is 5.39 Å². The van der Waals surface area contributed by atoms with Gasteiger partial charge in [-0.25, -0.2) is 0 Å². The zero-order valence-electron chi connectivity index (χ0n) is 4.42. The van der Waals surface area contributed by atoms with Crippen LogP contribution in [0.3, 0.4) is 0 Å². The molecule has 0 unspecified atom stereocenters. The molecule has 0 radical (unpaired) electrons. The molecule has 0 aromatic carbocycles. The summed E-state index contributed by atoms with van der Waals surface area (Å²) in [6.07, 6.45) is 0. The molecule has 4 nitrogen and oxygen atoms in total. The van der Waals surface area contributed by atoms with Gasteiger partial charge < -0.3 is 4.74 Å². The van der Waals surface area contributed by atoms with Gasteiger partial charge in [0.15, 0.2) is 0 Å². The van der Waals surface area contributed by atoms with E-state index in [9.17, 15) is 4.79 Å². The van der Waals surface area contributed by atoms with E-state index in [0.29, 0.717) is 0 Å². The van der Waals surface area contributed by atoms with E-state index in [-0.39, 0.29) is 5.88 Å². The van der Waals surface area contributed by atoms with Crippen LogP contribution in [0.15, 0.2) is 12.5 Å². The fraction of sp³-hybridized carbons (Fsp3) is 0.250. The molecule has 0 spiro atoms. The largest absolute Gasteiger partial charge is 0.546 e. The Bertz CT molecular complexity index is 156. The van der Waals surface area contributed by atoms with Gasteiger partial charge >= 0.3 is 11.9 Å². The number of esters is 1. The number of carbonyl (C=O) groups is 1. The second kappa shape index (κ2) is 2.75. The third-order valence-corrected chi connectivity index (χ3v) is 0.373. The van der Waals surface area contributed by atoms with Crippen molar-refractivity contribution >= 4 is 5.97 Å². The third kappa shape index (κ3) is 2.85. The minimum Gasteiger partial charge on any atom is -0.355 e. The van der Waals surface area contributed by atoms with Crippen LogP contribution in [-0.4, -0.2) is 5.97 Å². The molecule has 0 amide bonds. The monoisotopic (exact) mass is 113 g/mol. The Balaban J connectivity index is 3.61. The van der Waals surface area contributed by atoms with Gasteiger partial charge in [0.25, 0.3) is 0 Å². The first-order chi connectivity index (χ1) is 3.66. The molecular formula is C4H5N2O2+. The molecule has 0 saturated heterocycles. The molecule has 0 atom stereocenters. The van der Waals surface area contributed by atoms with Crippen LogP contribution in [0.5, 0.6) is 0 Å². The van der Waals surface area contributed by atoms with Gasteiger partial charge in [0.2, 0.25) is 10.4 Å². The zero-order chi connectivity index (χ0) is 6.57. The highest BCUT2D eigenvalue weighted by atomic mass is 16.5. The van der Waals surface area contributed by atoms with Crippen molar-refractivity contribution in [2.45, 2.75) is 6.92 Å². The molecule has 0 aromatic rings. The fourth-order valence-electron chi connectivity index (χ4n) is 0.186. The fourth-order valence-corrected chi connectivity index (χ4v) is 0.186. The van der Waals surface area contributed by atoms with Crippen LogP contribution in [0.2, 0.25) is 0 Å². The minimum absolute atomic E-state index is 0.294. The Morgan fingerprint density at radius 1 is 1.88 bits per heavy atom. The molecule has 0 rings (SSSR count). The van der Waals surface area contributed by atoms with E-state index in [2.05, 4.69) is 16.3 Å². The van der Waals surface area contributed by atoms with Gasteiger partial charge in [0, 0.05) is 13.5 Å². The molecule has 0 fully saturated rings. The van der Waals surface area contributed by atoms with Gasteiger partial charge in [-0.3, -0.25) is 4.79 Å². The molecule has 0 saturated carbocycles. The van der Waals surface area contributed by atoms with E-state index >= 15 is 0 Å². The summed E-state index contributed by atoms with van der Waals surface area (Å²) in [7, 11) is 0. The average molecular weight is 113 g/mol. The summed E-state index contributed by atoms with van der Waals surface area (Å²) in [4.78, 5) is 12.5. The number of carbonyl (C=O) groups excluding carboxylic acids is 1. The highest BCUT2D eigenvalue weighted by Crippen LogP contribution is 1.92. The van der Waals surface area contributed by atoms with Crippen molar-refractivity contribution in [3.63, 3.8) is 0 Å². The zero-order valence-corrected chi connectivity index (χ0v) is 4.42. The second-order valence-corrected chi connectivity index (χ2v) is 1.09. The molecule has 4 heteroatoms. The van der Waals surface area contributed by atoms with Crippen LogP contribution in [0.4, 0.5) is 0 Å². The number of nitrogens with zero attached hydrogens (tertiary/aromatic N) is 2. The van der Waals surface area contributed by atoms with E-state index in [1.165, 1.54) is 6.92 Å². The number of hydrogen-bond donors (Lipinski definition) is 0. The summed E-state index contributed by atoms with van der Waals surface area (Å²) >= 11 is 0. The summed E-state index contributed by atoms with van der Waals surface area (Å²) in [6.45, 7) is 4.24. The van der Waals surface area contributed by atoms with Crippen LogP contribution >= 0.6 is 0 Å². The molecule has 0 aliphatic rings. The maximum Gasteiger partial charge on any atom is 0.546 e. The number of diazo groups is 1. The van der Waals surface area contributed by atoms with Crippen molar-refractivity contribution in [3.05, 3.63) is 17.4 Å². The van der Waals surface area contributed by atoms with E-state index in [4.69, 9.17) is 5.39 Å². The Hall–Kier alpha value is -1.37. The van der Waals surface area contributed by atoms with E-state index in [1.807, 2.05) is 0 Å². The lowest BCUT2D eigenvalue weighted by Gasteiger charge is -1.80. The Labute approximate surface area is 46.4 Å². The number of rotatable bonds is 1. The van der Waals surface area contributed by atoms with E-state index in [1.54, 1.807) is 0 Å². The molecule has 0 aliphatic carbocycles. The minimum atomic E-state index is -0.548. The predicted molar refractivity (Wildman–Crippen MR) is 26.0 cm³/mol. The van der Waals surface area contributed by atoms with Crippen LogP contribution < -0.4 is 0 Å². The maximum absolute atomic E-state index is 9.96. The molecular weight excluding hydrogens is 108 g/mol. The first-order valence-electron chi connectivity index (χ1n) is 1.89. The van der Waals surface area contributed by atoms with Gasteiger partial charge in [-0.05, 0) is 0 Å². The van der Waals surface area contributed by atoms with Gasteiger partial charge in [0.1, 0.15) is 0 Å². The third-order valence-electron chi connectivity index (χ3n) is 0.373. The molecule has 0 aromatic heterocycles. The molecule has 42 valence electrons. The summed E-state index contributed by atoms with van der Waals surface area (Å²) < 4.78 is 4.15. The first-order valence-corrected chi connectivity index (χ1v) is 1.89. The van der Waals surface area contributed by atoms with Crippen LogP contribution in [-0.2, 0) is 9.53 Å². The summed E-state index contributed by atoms with van der Waals surface area (Å²) in [5, 5.41) is 7.83. The lowest BCUT2D eigenvalue weighted by molar-refractivity contribution is -0.136. The second-order valence-electron chi connectivity index (χ2n) is 1.09. The van der Waals surface area contributed by atoms with Crippen LogP contribution in [0.25, 0.3) is 4.98 Å². The Morgan fingerprint density at radius 3 is 2.50 bits per heavy atom. The van der Waals surface area contributed by atoms with Crippen molar-refractivity contribution in [2.75, 3.05) is 0 Å². The number of ether oxygens (including phenoxy) is 1. The summed E-state index contributed by atoms with van der Waals surface area (Å²) in [5.74, 6) is -0.842. The van der Waals surface area contributed by atoms with Crippen molar-refractivity contribution in [1.82, 2.24) is 0 Å². The van der Waals surface area contributed by atoms with Gasteiger partial charge in [-0.15, -0.1) is 0 Å². The molecule has 0 heterocycles. The smallest absolute Gasteiger partial charge is 0.355 e. The molecule has 0 aliphatic heterocycles. The lowest BCUT2D eigenvalue weighted by atomic mass is 10.8. The highest BCUT2D eigenvalue weighted by Gasteiger charge is 2.07. The molecule has 0 N–H and O–H groups in total. The van der Waals surface area contributed by atoms with Crippen molar-refractivity contribution in [3.8, 4) is 0 Å². The average Bonchev–Trinajstić information content (AvgIpc) is 1.65. The topological polar surface area (TPSA) is 54.4 Å². The molecule has 0 bridgehead atoms. The summed E-state index contributed by atoms with van der Waals surface area (Å²) in [6, 6.07) is 0. The predicted octanol–water partition coefficient (Wildman–Crippen LogP) is 0.874. The lowest BCUT2D eigenvalue weighted by Crippen LogP contribution is -1.93. The first kappa shape index (κ1) is 6.63. The van der Waals surface area contributed by atoms with Gasteiger partial charge in [-0.1, -0.05) is 0 Å². The number of hydrogen-bond acceptors (Lipinski definition) is 3. The van der Waals surface area contributed by atoms with Crippen molar-refractivity contribution in [2.24, 2.45) is 0 Å².